The summed E-state index contributed by atoms with van der Waals surface area (Å²) in [5, 5.41) is 6.82. The van der Waals surface area contributed by atoms with Crippen LogP contribution in [0.5, 0.6) is 11.5 Å². The molecule has 33 heavy (non-hydrogen) atoms. The van der Waals surface area contributed by atoms with E-state index in [1.54, 1.807) is 24.4 Å². The number of benzene rings is 2. The number of nitrogens with one attached hydrogen (secondary N) is 1. The number of amides is 1. The predicted octanol–water partition coefficient (Wildman–Crippen LogP) is 4.90. The van der Waals surface area contributed by atoms with E-state index in [0.29, 0.717) is 40.9 Å². The first-order valence-corrected chi connectivity index (χ1v) is 10.4. The van der Waals surface area contributed by atoms with E-state index in [-0.39, 0.29) is 5.91 Å². The summed E-state index contributed by atoms with van der Waals surface area (Å²) in [6.07, 6.45) is 1.72. The maximum atomic E-state index is 12.8. The Hall–Kier alpha value is -4.20. The van der Waals surface area contributed by atoms with Gasteiger partial charge in [-0.15, -0.1) is 0 Å². The van der Waals surface area contributed by atoms with Crippen molar-refractivity contribution in [1.82, 2.24) is 15.1 Å². The molecule has 1 N–H and O–H groups in total. The number of aryl methyl sites for hydroxylation is 3. The fraction of sp³-hybridized carbons (Fsp3) is 0.200. The van der Waals surface area contributed by atoms with Crippen molar-refractivity contribution in [1.29, 1.82) is 0 Å². The predicted molar refractivity (Wildman–Crippen MR) is 123 cm³/mol. The zero-order valence-corrected chi connectivity index (χ0v) is 18.9. The van der Waals surface area contributed by atoms with Gasteiger partial charge in [0.1, 0.15) is 12.4 Å². The van der Waals surface area contributed by atoms with Gasteiger partial charge in [0.25, 0.3) is 5.91 Å². The van der Waals surface area contributed by atoms with Crippen molar-refractivity contribution < 1.29 is 18.8 Å². The number of hydrogen-bond acceptors (Lipinski definition) is 7. The lowest BCUT2D eigenvalue weighted by molar-refractivity contribution is 0.102. The Morgan fingerprint density at radius 2 is 1.82 bits per heavy atom. The summed E-state index contributed by atoms with van der Waals surface area (Å²) in [5.74, 6) is 2.08. The molecule has 0 fully saturated rings. The summed E-state index contributed by atoms with van der Waals surface area (Å²) in [6.45, 7) is 5.91. The normalized spacial score (nSPS) is 10.7. The highest BCUT2D eigenvalue weighted by molar-refractivity contribution is 6.04. The van der Waals surface area contributed by atoms with Crippen LogP contribution in [-0.2, 0) is 6.61 Å². The van der Waals surface area contributed by atoms with Crippen LogP contribution in [-0.4, -0.2) is 28.1 Å². The molecule has 0 spiro atoms. The number of carbonyl (C=O) groups excluding carboxylic acids is 1. The summed E-state index contributed by atoms with van der Waals surface area (Å²) in [6, 6.07) is 14.3. The first-order chi connectivity index (χ1) is 15.9. The zero-order chi connectivity index (χ0) is 23.4. The lowest BCUT2D eigenvalue weighted by Gasteiger charge is -2.12. The number of hydrogen-bond donors (Lipinski definition) is 1. The molecule has 0 bridgehead atoms. The molecule has 8 nitrogen and oxygen atoms in total. The van der Waals surface area contributed by atoms with Crippen LogP contribution in [0, 0.1) is 20.8 Å². The molecular weight excluding hydrogens is 420 g/mol. The molecule has 2 aromatic carbocycles. The first-order valence-electron chi connectivity index (χ1n) is 10.4. The fourth-order valence-electron chi connectivity index (χ4n) is 3.28. The van der Waals surface area contributed by atoms with Gasteiger partial charge in [-0.1, -0.05) is 5.16 Å². The summed E-state index contributed by atoms with van der Waals surface area (Å²) in [7, 11) is 1.53. The van der Waals surface area contributed by atoms with Crippen LogP contribution in [0.15, 0.2) is 59.3 Å². The highest BCUT2D eigenvalue weighted by Gasteiger charge is 2.14. The highest BCUT2D eigenvalue weighted by Crippen LogP contribution is 2.30. The van der Waals surface area contributed by atoms with E-state index in [9.17, 15) is 4.79 Å². The molecule has 0 radical (unpaired) electrons. The largest absolute Gasteiger partial charge is 0.493 e. The molecule has 2 heterocycles. The average molecular weight is 444 g/mol. The number of rotatable bonds is 7. The molecule has 0 unspecified atom stereocenters. The smallest absolute Gasteiger partial charge is 0.255 e. The van der Waals surface area contributed by atoms with Gasteiger partial charge in [0.2, 0.25) is 0 Å². The van der Waals surface area contributed by atoms with Gasteiger partial charge in [-0.05, 0) is 69.3 Å². The minimum atomic E-state index is -0.259. The van der Waals surface area contributed by atoms with Crippen LogP contribution in [0.25, 0.3) is 11.4 Å². The molecule has 0 atom stereocenters. The van der Waals surface area contributed by atoms with Crippen molar-refractivity contribution in [3.05, 3.63) is 83.0 Å². The molecule has 0 aliphatic rings. The highest BCUT2D eigenvalue weighted by atomic mass is 16.5. The lowest BCUT2D eigenvalue weighted by Crippen LogP contribution is -2.12. The minimum absolute atomic E-state index is 0.259. The molecule has 0 saturated carbocycles. The standard InChI is InChI=1S/C25H24N4O4/c1-15-11-12-26-24(27-15)18-5-8-20(9-6-18)28-25(30)19-7-10-22(23(13-19)31-4)32-14-21-16(2)29-33-17(21)3/h5-13H,14H2,1-4H3,(H,28,30). The van der Waals surface area contributed by atoms with Crippen LogP contribution in [0.2, 0.25) is 0 Å². The molecule has 4 aromatic rings. The fourth-order valence-corrected chi connectivity index (χ4v) is 3.28. The van der Waals surface area contributed by atoms with Gasteiger partial charge >= 0.3 is 0 Å². The van der Waals surface area contributed by atoms with Crippen molar-refractivity contribution >= 4 is 11.6 Å². The Morgan fingerprint density at radius 3 is 2.48 bits per heavy atom. The van der Waals surface area contributed by atoms with Crippen molar-refractivity contribution in [2.45, 2.75) is 27.4 Å². The zero-order valence-electron chi connectivity index (χ0n) is 18.9. The molecule has 0 aliphatic heterocycles. The molecule has 4 rings (SSSR count). The monoisotopic (exact) mass is 444 g/mol. The second kappa shape index (κ2) is 9.52. The van der Waals surface area contributed by atoms with Gasteiger partial charge in [0, 0.05) is 28.7 Å². The minimum Gasteiger partial charge on any atom is -0.493 e. The van der Waals surface area contributed by atoms with E-state index < -0.39 is 0 Å². The third-order valence-corrected chi connectivity index (χ3v) is 5.17. The topological polar surface area (TPSA) is 99.4 Å². The number of nitrogens with zero attached hydrogens (tertiary/aromatic N) is 3. The van der Waals surface area contributed by atoms with E-state index in [2.05, 4.69) is 20.4 Å². The van der Waals surface area contributed by atoms with E-state index in [4.69, 9.17) is 14.0 Å². The lowest BCUT2D eigenvalue weighted by atomic mass is 10.1. The number of anilines is 1. The number of ether oxygens (including phenoxy) is 2. The molecule has 168 valence electrons. The summed E-state index contributed by atoms with van der Waals surface area (Å²) >= 11 is 0. The van der Waals surface area contributed by atoms with Crippen molar-refractivity contribution in [3.63, 3.8) is 0 Å². The van der Waals surface area contributed by atoms with E-state index in [1.165, 1.54) is 7.11 Å². The van der Waals surface area contributed by atoms with E-state index >= 15 is 0 Å². The number of aromatic nitrogens is 3. The SMILES string of the molecule is COc1cc(C(=O)Nc2ccc(-c3nccc(C)n3)cc2)ccc1OCc1c(C)noc1C. The van der Waals surface area contributed by atoms with Crippen LogP contribution in [0.3, 0.4) is 0 Å². The Balaban J connectivity index is 1.44. The van der Waals surface area contributed by atoms with Gasteiger partial charge in [-0.2, -0.15) is 0 Å². The van der Waals surface area contributed by atoms with Crippen molar-refractivity contribution in [2.75, 3.05) is 12.4 Å². The number of methoxy groups -OCH3 is 1. The van der Waals surface area contributed by atoms with Crippen LogP contribution in [0.1, 0.15) is 33.1 Å². The quantitative estimate of drug-likeness (QED) is 0.433. The van der Waals surface area contributed by atoms with Gasteiger partial charge in [-0.25, -0.2) is 9.97 Å². The molecule has 0 aliphatic carbocycles. The number of carbonyl (C=O) groups is 1. The Kier molecular flexibility index (Phi) is 6.35. The molecule has 8 heteroatoms. The van der Waals surface area contributed by atoms with Crippen LogP contribution in [0.4, 0.5) is 5.69 Å². The van der Waals surface area contributed by atoms with E-state index in [0.717, 1.165) is 22.5 Å². The van der Waals surface area contributed by atoms with Crippen molar-refractivity contribution in [2.24, 2.45) is 0 Å². The molecule has 2 aromatic heterocycles. The maximum Gasteiger partial charge on any atom is 0.255 e. The Labute approximate surface area is 191 Å². The second-order valence-electron chi connectivity index (χ2n) is 7.51. The Morgan fingerprint density at radius 1 is 1.03 bits per heavy atom. The van der Waals surface area contributed by atoms with E-state index in [1.807, 2.05) is 51.1 Å². The maximum absolute atomic E-state index is 12.8. The van der Waals surface area contributed by atoms with Crippen molar-refractivity contribution in [3.8, 4) is 22.9 Å². The van der Waals surface area contributed by atoms with Crippen LogP contribution < -0.4 is 14.8 Å². The third kappa shape index (κ3) is 5.01. The summed E-state index contributed by atoms with van der Waals surface area (Å²) in [5.41, 5.74) is 4.54. The van der Waals surface area contributed by atoms with Gasteiger partial charge in [0.15, 0.2) is 17.3 Å². The molecular formula is C25H24N4O4. The van der Waals surface area contributed by atoms with Gasteiger partial charge in [0.05, 0.1) is 18.4 Å². The van der Waals surface area contributed by atoms with Gasteiger partial charge < -0.3 is 19.3 Å². The Bertz CT molecular complexity index is 1260. The molecule has 1 amide bonds. The third-order valence-electron chi connectivity index (χ3n) is 5.17. The summed E-state index contributed by atoms with van der Waals surface area (Å²) in [4.78, 5) is 21.5. The van der Waals surface area contributed by atoms with Gasteiger partial charge in [-0.3, -0.25) is 4.79 Å². The molecule has 0 saturated heterocycles. The first kappa shape index (κ1) is 22.0. The summed E-state index contributed by atoms with van der Waals surface area (Å²) < 4.78 is 16.5. The second-order valence-corrected chi connectivity index (χ2v) is 7.51. The van der Waals surface area contributed by atoms with Crippen LogP contribution >= 0.6 is 0 Å². The average Bonchev–Trinajstić information content (AvgIpc) is 3.15.